The maximum atomic E-state index is 6.37. The van der Waals surface area contributed by atoms with Crippen molar-refractivity contribution < 1.29 is 4.74 Å². The predicted molar refractivity (Wildman–Crippen MR) is 88.5 cm³/mol. The number of nitrogens with two attached hydrogens (primary N) is 1. The first-order valence-corrected chi connectivity index (χ1v) is 7.43. The molecule has 3 aromatic rings. The molecule has 0 amide bonds. The van der Waals surface area contributed by atoms with Gasteiger partial charge in [-0.1, -0.05) is 30.3 Å². The topological polar surface area (TPSA) is 48.1 Å². The van der Waals surface area contributed by atoms with Crippen molar-refractivity contribution >= 4 is 26.8 Å². The van der Waals surface area contributed by atoms with Crippen molar-refractivity contribution in [3.8, 4) is 5.75 Å². The van der Waals surface area contributed by atoms with Gasteiger partial charge in [0.1, 0.15) is 5.75 Å². The average Bonchev–Trinajstić information content (AvgIpc) is 2.53. The zero-order valence-electron chi connectivity index (χ0n) is 11.6. The smallest absolute Gasteiger partial charge is 0.118 e. The maximum absolute atomic E-state index is 6.37. The van der Waals surface area contributed by atoms with Crippen LogP contribution in [0.25, 0.3) is 10.9 Å². The summed E-state index contributed by atoms with van der Waals surface area (Å²) in [4.78, 5) is 4.69. The zero-order chi connectivity index (χ0) is 14.8. The molecule has 2 N–H and O–H groups in total. The summed E-state index contributed by atoms with van der Waals surface area (Å²) in [6, 6.07) is 17.5. The van der Waals surface area contributed by atoms with E-state index in [9.17, 15) is 0 Å². The molecular weight excluding hydrogens is 328 g/mol. The van der Waals surface area contributed by atoms with Crippen LogP contribution in [0.2, 0.25) is 0 Å². The third-order valence-electron chi connectivity index (χ3n) is 3.47. The largest absolute Gasteiger partial charge is 0.497 e. The van der Waals surface area contributed by atoms with Crippen molar-refractivity contribution in [3.63, 3.8) is 0 Å². The molecule has 0 saturated heterocycles. The van der Waals surface area contributed by atoms with E-state index in [4.69, 9.17) is 15.5 Å². The molecule has 0 aliphatic heterocycles. The van der Waals surface area contributed by atoms with Gasteiger partial charge in [0.05, 0.1) is 24.4 Å². The first kappa shape index (κ1) is 14.0. The first-order chi connectivity index (χ1) is 10.2. The monoisotopic (exact) mass is 342 g/mol. The second-order valence-corrected chi connectivity index (χ2v) is 5.65. The van der Waals surface area contributed by atoms with E-state index in [1.165, 1.54) is 0 Å². The maximum Gasteiger partial charge on any atom is 0.118 e. The van der Waals surface area contributed by atoms with E-state index in [1.807, 2.05) is 48.5 Å². The Bertz CT molecular complexity index is 771. The lowest BCUT2D eigenvalue weighted by molar-refractivity contribution is 0.414. The summed E-state index contributed by atoms with van der Waals surface area (Å²) in [5.41, 5.74) is 9.14. The number of ether oxygens (including phenoxy) is 1. The van der Waals surface area contributed by atoms with E-state index in [0.717, 1.165) is 32.4 Å². The summed E-state index contributed by atoms with van der Waals surface area (Å²) in [5, 5.41) is 1.09. The van der Waals surface area contributed by atoms with Crippen molar-refractivity contribution in [2.24, 2.45) is 5.73 Å². The minimum Gasteiger partial charge on any atom is -0.497 e. The Morgan fingerprint density at radius 2 is 1.81 bits per heavy atom. The van der Waals surface area contributed by atoms with Gasteiger partial charge in [-0.3, -0.25) is 0 Å². The molecule has 0 aliphatic rings. The van der Waals surface area contributed by atoms with Crippen molar-refractivity contribution in [1.82, 2.24) is 4.98 Å². The van der Waals surface area contributed by atoms with E-state index in [-0.39, 0.29) is 6.04 Å². The second kappa shape index (κ2) is 5.84. The summed E-state index contributed by atoms with van der Waals surface area (Å²) >= 11 is 3.58. The molecule has 21 heavy (non-hydrogen) atoms. The number of benzene rings is 2. The van der Waals surface area contributed by atoms with Crippen LogP contribution in [0.5, 0.6) is 5.75 Å². The summed E-state index contributed by atoms with van der Waals surface area (Å²) < 4.78 is 6.09. The molecule has 0 aliphatic carbocycles. The van der Waals surface area contributed by atoms with Gasteiger partial charge in [0.25, 0.3) is 0 Å². The summed E-state index contributed by atoms with van der Waals surface area (Å²) in [5.74, 6) is 0.816. The molecule has 1 unspecified atom stereocenters. The van der Waals surface area contributed by atoms with Crippen LogP contribution in [0.3, 0.4) is 0 Å². The van der Waals surface area contributed by atoms with E-state index in [1.54, 1.807) is 7.11 Å². The highest BCUT2D eigenvalue weighted by atomic mass is 79.9. The standard InChI is InChI=1S/C17H15BrN2O/c1-21-13-8-6-11(7-9-13)16(19)17-14(18)10-12-4-2-3-5-15(12)20-17/h2-10,16H,19H2,1H3. The molecule has 3 rings (SSSR count). The number of nitrogens with zero attached hydrogens (tertiary/aromatic N) is 1. The van der Waals surface area contributed by atoms with Gasteiger partial charge in [-0.25, -0.2) is 4.98 Å². The van der Waals surface area contributed by atoms with Crippen molar-refractivity contribution in [2.75, 3.05) is 7.11 Å². The van der Waals surface area contributed by atoms with Crippen LogP contribution in [-0.2, 0) is 0 Å². The molecule has 1 aromatic heterocycles. The van der Waals surface area contributed by atoms with Crippen LogP contribution in [0, 0.1) is 0 Å². The predicted octanol–water partition coefficient (Wildman–Crippen LogP) is 4.05. The van der Waals surface area contributed by atoms with Crippen molar-refractivity contribution in [1.29, 1.82) is 0 Å². The zero-order valence-corrected chi connectivity index (χ0v) is 13.2. The molecular formula is C17H15BrN2O. The normalized spacial score (nSPS) is 12.3. The van der Waals surface area contributed by atoms with Crippen LogP contribution in [-0.4, -0.2) is 12.1 Å². The Morgan fingerprint density at radius 3 is 2.52 bits per heavy atom. The number of fused-ring (bicyclic) bond motifs is 1. The molecule has 0 saturated carbocycles. The SMILES string of the molecule is COc1ccc(C(N)c2nc3ccccc3cc2Br)cc1. The van der Waals surface area contributed by atoms with Gasteiger partial charge in [0.15, 0.2) is 0 Å². The highest BCUT2D eigenvalue weighted by molar-refractivity contribution is 9.10. The number of halogens is 1. The Balaban J connectivity index is 2.03. The number of pyridine rings is 1. The van der Waals surface area contributed by atoms with E-state index < -0.39 is 0 Å². The lowest BCUT2D eigenvalue weighted by atomic mass is 10.0. The fourth-order valence-electron chi connectivity index (χ4n) is 2.29. The number of rotatable bonds is 3. The number of methoxy groups -OCH3 is 1. The van der Waals surface area contributed by atoms with Gasteiger partial charge < -0.3 is 10.5 Å². The van der Waals surface area contributed by atoms with Crippen LogP contribution in [0.15, 0.2) is 59.1 Å². The lowest BCUT2D eigenvalue weighted by Gasteiger charge is -2.15. The van der Waals surface area contributed by atoms with Crippen LogP contribution in [0.1, 0.15) is 17.3 Å². The molecule has 1 heterocycles. The van der Waals surface area contributed by atoms with Crippen LogP contribution in [0.4, 0.5) is 0 Å². The molecule has 0 fully saturated rings. The van der Waals surface area contributed by atoms with Crippen LogP contribution < -0.4 is 10.5 Å². The van der Waals surface area contributed by atoms with Crippen LogP contribution >= 0.6 is 15.9 Å². The fraction of sp³-hybridized carbons (Fsp3) is 0.118. The second-order valence-electron chi connectivity index (χ2n) is 4.80. The van der Waals surface area contributed by atoms with Gasteiger partial charge in [-0.05, 0) is 45.8 Å². The lowest BCUT2D eigenvalue weighted by Crippen LogP contribution is -2.14. The molecule has 2 aromatic carbocycles. The van der Waals surface area contributed by atoms with Gasteiger partial charge in [-0.2, -0.15) is 0 Å². The molecule has 0 radical (unpaired) electrons. The number of hydrogen-bond donors (Lipinski definition) is 1. The van der Waals surface area contributed by atoms with E-state index in [2.05, 4.69) is 22.0 Å². The fourth-order valence-corrected chi connectivity index (χ4v) is 2.87. The third kappa shape index (κ3) is 2.77. The molecule has 4 heteroatoms. The van der Waals surface area contributed by atoms with Crippen molar-refractivity contribution in [2.45, 2.75) is 6.04 Å². The molecule has 0 spiro atoms. The van der Waals surface area contributed by atoms with Gasteiger partial charge in [0, 0.05) is 9.86 Å². The quantitative estimate of drug-likeness (QED) is 0.780. The molecule has 3 nitrogen and oxygen atoms in total. The minimum absolute atomic E-state index is 0.283. The summed E-state index contributed by atoms with van der Waals surface area (Å²) in [6.07, 6.45) is 0. The third-order valence-corrected chi connectivity index (χ3v) is 4.11. The number of para-hydroxylation sites is 1. The highest BCUT2D eigenvalue weighted by Crippen LogP contribution is 2.29. The van der Waals surface area contributed by atoms with Crippen molar-refractivity contribution in [3.05, 3.63) is 70.3 Å². The number of aromatic nitrogens is 1. The Morgan fingerprint density at radius 1 is 1.10 bits per heavy atom. The minimum atomic E-state index is -0.283. The van der Waals surface area contributed by atoms with Gasteiger partial charge in [-0.15, -0.1) is 0 Å². The molecule has 1 atom stereocenters. The first-order valence-electron chi connectivity index (χ1n) is 6.64. The van der Waals surface area contributed by atoms with E-state index in [0.29, 0.717) is 0 Å². The Kier molecular flexibility index (Phi) is 3.90. The summed E-state index contributed by atoms with van der Waals surface area (Å²) in [7, 11) is 1.65. The molecule has 106 valence electrons. The highest BCUT2D eigenvalue weighted by Gasteiger charge is 2.15. The van der Waals surface area contributed by atoms with Gasteiger partial charge >= 0.3 is 0 Å². The Labute approximate surface area is 131 Å². The van der Waals surface area contributed by atoms with Gasteiger partial charge in [0.2, 0.25) is 0 Å². The summed E-state index contributed by atoms with van der Waals surface area (Å²) in [6.45, 7) is 0. The number of hydrogen-bond acceptors (Lipinski definition) is 3. The molecule has 0 bridgehead atoms. The Hall–Kier alpha value is -1.91. The van der Waals surface area contributed by atoms with E-state index >= 15 is 0 Å². The average molecular weight is 343 g/mol.